The minimum atomic E-state index is -0.211. The van der Waals surface area contributed by atoms with Gasteiger partial charge in [-0.15, -0.1) is 0 Å². The van der Waals surface area contributed by atoms with E-state index < -0.39 is 0 Å². The number of aromatic amines is 1. The number of nitrogens with zero attached hydrogens (tertiary/aromatic N) is 1. The fourth-order valence-corrected chi connectivity index (χ4v) is 1.68. The van der Waals surface area contributed by atoms with Gasteiger partial charge in [-0.2, -0.15) is 5.10 Å². The van der Waals surface area contributed by atoms with E-state index in [4.69, 9.17) is 5.73 Å². The number of hydrogen-bond acceptors (Lipinski definition) is 5. The Morgan fingerprint density at radius 3 is 2.65 bits per heavy atom. The monoisotopic (exact) mass is 240 g/mol. The normalized spacial score (nSPS) is 15.8. The van der Waals surface area contributed by atoms with Crippen molar-refractivity contribution in [1.29, 1.82) is 0 Å². The zero-order valence-electron chi connectivity index (χ0n) is 10.8. The first-order valence-electron chi connectivity index (χ1n) is 5.60. The highest BCUT2D eigenvalue weighted by atomic mass is 16.5. The highest BCUT2D eigenvalue weighted by molar-refractivity contribution is 5.65. The molecule has 0 unspecified atom stereocenters. The predicted molar refractivity (Wildman–Crippen MR) is 65.2 cm³/mol. The minimum absolute atomic E-state index is 0.0000463. The van der Waals surface area contributed by atoms with Gasteiger partial charge in [0.2, 0.25) is 0 Å². The van der Waals surface area contributed by atoms with E-state index in [-0.39, 0.29) is 11.5 Å². The first kappa shape index (κ1) is 13.5. The van der Waals surface area contributed by atoms with E-state index in [0.717, 1.165) is 17.8 Å². The molecule has 1 aliphatic heterocycles. The van der Waals surface area contributed by atoms with Crippen LogP contribution in [0.25, 0.3) is 0 Å². The number of nitrogens with one attached hydrogen (secondary N) is 2. The smallest absolute Gasteiger partial charge is 0.302 e. The summed E-state index contributed by atoms with van der Waals surface area (Å²) in [6.07, 6.45) is 0. The van der Waals surface area contributed by atoms with Crippen molar-refractivity contribution in [3.63, 3.8) is 0 Å². The largest absolute Gasteiger partial charge is 0.466 e. The number of hydrogen-bond donors (Lipinski definition) is 3. The average molecular weight is 240 g/mol. The molecule has 0 amide bonds. The third-order valence-electron chi connectivity index (χ3n) is 2.58. The number of anilines is 1. The van der Waals surface area contributed by atoms with E-state index in [9.17, 15) is 4.79 Å². The Morgan fingerprint density at radius 2 is 2.24 bits per heavy atom. The zero-order valence-corrected chi connectivity index (χ0v) is 10.8. The lowest BCUT2D eigenvalue weighted by Gasteiger charge is -2.16. The van der Waals surface area contributed by atoms with Gasteiger partial charge in [-0.25, -0.2) is 0 Å². The quantitative estimate of drug-likeness (QED) is 0.634. The van der Waals surface area contributed by atoms with Gasteiger partial charge >= 0.3 is 5.97 Å². The van der Waals surface area contributed by atoms with Crippen LogP contribution in [-0.2, 0) is 21.6 Å². The SMILES string of the molecule is CC1(C)NCc2c(N)n[nH]c21.CCOC(C)=O. The molecule has 0 aliphatic carbocycles. The number of H-pyrrole nitrogens is 1. The van der Waals surface area contributed by atoms with Gasteiger partial charge in [0.1, 0.15) is 5.82 Å². The molecule has 0 bridgehead atoms. The maximum Gasteiger partial charge on any atom is 0.302 e. The van der Waals surface area contributed by atoms with Gasteiger partial charge in [-0.3, -0.25) is 9.89 Å². The number of carbonyl (C=O) groups is 1. The molecule has 0 fully saturated rings. The summed E-state index contributed by atoms with van der Waals surface area (Å²) in [6.45, 7) is 8.69. The fraction of sp³-hybridized carbons (Fsp3) is 0.636. The lowest BCUT2D eigenvalue weighted by Crippen LogP contribution is -2.29. The maximum atomic E-state index is 9.82. The molecule has 6 nitrogen and oxygen atoms in total. The molecule has 2 heterocycles. The molecule has 2 rings (SSSR count). The number of nitrogens with two attached hydrogens (primary N) is 1. The molecule has 0 radical (unpaired) electrons. The topological polar surface area (TPSA) is 93.0 Å². The Morgan fingerprint density at radius 1 is 1.59 bits per heavy atom. The molecular weight excluding hydrogens is 220 g/mol. The zero-order chi connectivity index (χ0) is 13.1. The third-order valence-corrected chi connectivity index (χ3v) is 2.58. The molecule has 0 atom stereocenters. The summed E-state index contributed by atoms with van der Waals surface area (Å²) >= 11 is 0. The van der Waals surface area contributed by atoms with Crippen molar-refractivity contribution in [2.45, 2.75) is 39.8 Å². The highest BCUT2D eigenvalue weighted by Gasteiger charge is 2.32. The molecule has 0 aromatic carbocycles. The first-order valence-corrected chi connectivity index (χ1v) is 5.60. The van der Waals surface area contributed by atoms with E-state index in [1.165, 1.54) is 6.92 Å². The Bertz CT molecular complexity index is 398. The van der Waals surface area contributed by atoms with Gasteiger partial charge in [0.15, 0.2) is 0 Å². The van der Waals surface area contributed by atoms with E-state index >= 15 is 0 Å². The summed E-state index contributed by atoms with van der Waals surface area (Å²) in [7, 11) is 0. The van der Waals surface area contributed by atoms with Gasteiger partial charge in [0.05, 0.1) is 17.8 Å². The molecule has 6 heteroatoms. The number of aromatic nitrogens is 2. The number of ether oxygens (including phenoxy) is 1. The van der Waals surface area contributed by atoms with Crippen LogP contribution in [0.5, 0.6) is 0 Å². The fourth-order valence-electron chi connectivity index (χ4n) is 1.68. The summed E-state index contributed by atoms with van der Waals surface area (Å²) < 4.78 is 4.40. The van der Waals surface area contributed by atoms with Crippen LogP contribution in [0, 0.1) is 0 Å². The van der Waals surface area contributed by atoms with Crippen LogP contribution >= 0.6 is 0 Å². The van der Waals surface area contributed by atoms with Gasteiger partial charge in [-0.1, -0.05) is 0 Å². The van der Waals surface area contributed by atoms with Crippen molar-refractivity contribution < 1.29 is 9.53 Å². The van der Waals surface area contributed by atoms with Crippen molar-refractivity contribution >= 4 is 11.8 Å². The van der Waals surface area contributed by atoms with Gasteiger partial charge in [0.25, 0.3) is 0 Å². The number of carbonyl (C=O) groups excluding carboxylic acids is 1. The second-order valence-corrected chi connectivity index (χ2v) is 4.37. The third kappa shape index (κ3) is 3.20. The molecular formula is C11H20N4O2. The van der Waals surface area contributed by atoms with Gasteiger partial charge in [-0.05, 0) is 20.8 Å². The maximum absolute atomic E-state index is 9.82. The number of nitrogen functional groups attached to an aromatic ring is 1. The second-order valence-electron chi connectivity index (χ2n) is 4.37. The Kier molecular flexibility index (Phi) is 4.11. The van der Waals surface area contributed by atoms with E-state index in [2.05, 4.69) is 34.1 Å². The van der Waals surface area contributed by atoms with Gasteiger partial charge < -0.3 is 15.8 Å². The van der Waals surface area contributed by atoms with Gasteiger partial charge in [0, 0.05) is 19.0 Å². The predicted octanol–water partition coefficient (Wildman–Crippen LogP) is 0.900. The summed E-state index contributed by atoms with van der Waals surface area (Å²) in [5, 5.41) is 10.2. The number of rotatable bonds is 1. The lowest BCUT2D eigenvalue weighted by molar-refractivity contribution is -0.140. The minimum Gasteiger partial charge on any atom is -0.466 e. The molecule has 0 spiro atoms. The average Bonchev–Trinajstić information content (AvgIpc) is 2.71. The standard InChI is InChI=1S/C7H12N4.C4H8O2/c1-7(2)5-4(3-9-7)6(8)11-10-5;1-3-6-4(2)5/h9H,3H2,1-2H3,(H3,8,10,11);3H2,1-2H3. The van der Waals surface area contributed by atoms with Crippen LogP contribution in [-0.4, -0.2) is 22.8 Å². The Labute approximate surface area is 101 Å². The molecule has 4 N–H and O–H groups in total. The molecule has 96 valence electrons. The van der Waals surface area contributed by atoms with Crippen LogP contribution in [0.3, 0.4) is 0 Å². The van der Waals surface area contributed by atoms with Crippen LogP contribution < -0.4 is 11.1 Å². The van der Waals surface area contributed by atoms with Crippen LogP contribution in [0.1, 0.15) is 39.0 Å². The molecule has 1 aliphatic rings. The molecule has 1 aromatic heterocycles. The highest BCUT2D eigenvalue weighted by Crippen LogP contribution is 2.30. The first-order chi connectivity index (χ1) is 7.88. The summed E-state index contributed by atoms with van der Waals surface area (Å²) in [5.74, 6) is 0.413. The van der Waals surface area contributed by atoms with E-state index in [0.29, 0.717) is 12.4 Å². The lowest BCUT2D eigenvalue weighted by atomic mass is 10.0. The number of esters is 1. The van der Waals surface area contributed by atoms with Crippen molar-refractivity contribution in [1.82, 2.24) is 15.5 Å². The Hall–Kier alpha value is -1.56. The number of fused-ring (bicyclic) bond motifs is 1. The Balaban J connectivity index is 0.000000209. The summed E-state index contributed by atoms with van der Waals surface area (Å²) in [5.41, 5.74) is 7.87. The molecule has 1 aromatic rings. The van der Waals surface area contributed by atoms with Crippen molar-refractivity contribution in [3.8, 4) is 0 Å². The molecule has 17 heavy (non-hydrogen) atoms. The summed E-state index contributed by atoms with van der Waals surface area (Å²) in [4.78, 5) is 9.82. The summed E-state index contributed by atoms with van der Waals surface area (Å²) in [6, 6.07) is 0. The van der Waals surface area contributed by atoms with Crippen molar-refractivity contribution in [2.75, 3.05) is 12.3 Å². The molecule has 0 saturated heterocycles. The van der Waals surface area contributed by atoms with Crippen molar-refractivity contribution in [3.05, 3.63) is 11.3 Å². The van der Waals surface area contributed by atoms with Crippen molar-refractivity contribution in [2.24, 2.45) is 0 Å². The van der Waals surface area contributed by atoms with E-state index in [1.54, 1.807) is 6.92 Å². The molecule has 0 saturated carbocycles. The van der Waals surface area contributed by atoms with Crippen LogP contribution in [0.15, 0.2) is 0 Å². The van der Waals surface area contributed by atoms with E-state index in [1.807, 2.05) is 0 Å². The van der Waals surface area contributed by atoms with Crippen LogP contribution in [0.4, 0.5) is 5.82 Å². The van der Waals surface area contributed by atoms with Crippen LogP contribution in [0.2, 0.25) is 0 Å². The second kappa shape index (κ2) is 5.18.